The van der Waals surface area contributed by atoms with Gasteiger partial charge in [-0.1, -0.05) is 169 Å². The van der Waals surface area contributed by atoms with E-state index in [2.05, 4.69) is 90.9 Å². The molecule has 1 heterocycles. The second kappa shape index (κ2) is 22.0. The van der Waals surface area contributed by atoms with Gasteiger partial charge in [-0.3, -0.25) is 9.69 Å². The zero-order chi connectivity index (χ0) is 39.0. The summed E-state index contributed by atoms with van der Waals surface area (Å²) in [6, 6.07) is 35.5. The lowest BCUT2D eigenvalue weighted by Gasteiger charge is -2.38. The second-order valence-corrected chi connectivity index (χ2v) is 16.0. The molecule has 0 bridgehead atoms. The predicted octanol–water partition coefficient (Wildman–Crippen LogP) is 12.6. The molecular weight excluding hydrogens is 693 g/mol. The van der Waals surface area contributed by atoms with E-state index in [1.54, 1.807) is 0 Å². The Hall–Kier alpha value is -4.07. The third kappa shape index (κ3) is 12.2. The number of likely N-dealkylation sites (N-methyl/N-ethyl adjacent to an activating group) is 1. The van der Waals surface area contributed by atoms with Crippen molar-refractivity contribution in [3.63, 3.8) is 0 Å². The summed E-state index contributed by atoms with van der Waals surface area (Å²) in [5.41, 5.74) is 4.90. The van der Waals surface area contributed by atoms with Gasteiger partial charge in [-0.25, -0.2) is 0 Å². The Labute approximate surface area is 335 Å². The molecule has 5 aromatic carbocycles. The van der Waals surface area contributed by atoms with Crippen LogP contribution >= 0.6 is 0 Å². The summed E-state index contributed by atoms with van der Waals surface area (Å²) in [5.74, 6) is 0.0537. The fourth-order valence-electron chi connectivity index (χ4n) is 8.28. The molecule has 3 atom stereocenters. The molecule has 2 N–H and O–H groups in total. The van der Waals surface area contributed by atoms with E-state index in [1.807, 2.05) is 36.4 Å². The number of nitrogens with one attached hydrogen (secondary N) is 1. The van der Waals surface area contributed by atoms with E-state index in [9.17, 15) is 9.90 Å². The van der Waals surface area contributed by atoms with Crippen LogP contribution in [-0.4, -0.2) is 35.6 Å². The van der Waals surface area contributed by atoms with Crippen molar-refractivity contribution in [2.45, 2.75) is 135 Å². The first-order valence-corrected chi connectivity index (χ1v) is 21.5. The minimum Gasteiger partial charge on any atom is -0.392 e. The highest BCUT2D eigenvalue weighted by atomic mass is 16.7. The van der Waals surface area contributed by atoms with Gasteiger partial charge in [0.2, 0.25) is 5.91 Å². The molecule has 6 nitrogen and oxygen atoms in total. The number of carbonyl (C=O) groups excluding carboxylic acids is 1. The Balaban J connectivity index is 1.04. The Kier molecular flexibility index (Phi) is 16.3. The standard InChI is InChI=1S/C50H64N2O4/c1-3-4-5-6-7-8-9-10-11-12-13-14-15-27-49(54)51-43-24-20-23-42(33-43)50-55-44(34-48(56-50)39-30-28-38(37-53)29-31-39)35-52(2)36-47-45-25-18-16-21-40(45)32-41-22-17-19-26-46(41)47/h16-26,28-33,44,48,50,53H,3-15,27,34-37H2,1-2H3,(H,51,54)/t44-,48+,50?/m0/s1. The first-order valence-electron chi connectivity index (χ1n) is 21.5. The van der Waals surface area contributed by atoms with E-state index in [0.717, 1.165) is 48.3 Å². The molecule has 5 aromatic rings. The number of fused-ring (bicyclic) bond motifs is 2. The highest BCUT2D eigenvalue weighted by molar-refractivity contribution is 6.02. The molecule has 1 saturated heterocycles. The van der Waals surface area contributed by atoms with Crippen molar-refractivity contribution in [2.24, 2.45) is 0 Å². The number of aliphatic hydroxyl groups excluding tert-OH is 1. The molecule has 1 amide bonds. The van der Waals surface area contributed by atoms with E-state index >= 15 is 0 Å². The number of hydrogen-bond donors (Lipinski definition) is 2. The lowest BCUT2D eigenvalue weighted by Crippen LogP contribution is -2.37. The Bertz CT molecular complexity index is 1890. The fraction of sp³-hybridized carbons (Fsp3) is 0.460. The average molecular weight is 757 g/mol. The SMILES string of the molecule is CCCCCCCCCCCCCCCC(=O)Nc1cccc(C2O[C@H](CN(C)Cc3c4ccccc4cc4ccccc34)C[C@H](c3ccc(CO)cc3)O2)c1. The number of hydrogen-bond acceptors (Lipinski definition) is 5. The van der Waals surface area contributed by atoms with Gasteiger partial charge in [0.1, 0.15) is 0 Å². The van der Waals surface area contributed by atoms with Crippen molar-refractivity contribution in [1.82, 2.24) is 4.90 Å². The number of aliphatic hydroxyl groups is 1. The summed E-state index contributed by atoms with van der Waals surface area (Å²) in [4.78, 5) is 15.3. The van der Waals surface area contributed by atoms with Crippen LogP contribution in [0.4, 0.5) is 5.69 Å². The lowest BCUT2D eigenvalue weighted by molar-refractivity contribution is -0.252. The van der Waals surface area contributed by atoms with Gasteiger partial charge in [0.25, 0.3) is 0 Å². The summed E-state index contributed by atoms with van der Waals surface area (Å²) in [7, 11) is 2.17. The van der Waals surface area contributed by atoms with Gasteiger partial charge in [0.15, 0.2) is 6.29 Å². The van der Waals surface area contributed by atoms with E-state index in [0.29, 0.717) is 12.8 Å². The zero-order valence-electron chi connectivity index (χ0n) is 33.9. The predicted molar refractivity (Wildman–Crippen MR) is 232 cm³/mol. The third-order valence-corrected chi connectivity index (χ3v) is 11.4. The summed E-state index contributed by atoms with van der Waals surface area (Å²) in [6.45, 7) is 3.78. The van der Waals surface area contributed by atoms with Gasteiger partial charge < -0.3 is 19.9 Å². The maximum atomic E-state index is 13.0. The van der Waals surface area contributed by atoms with Crippen LogP contribution in [0.3, 0.4) is 0 Å². The van der Waals surface area contributed by atoms with Crippen molar-refractivity contribution >= 4 is 33.1 Å². The first-order chi connectivity index (χ1) is 27.5. The molecule has 1 fully saturated rings. The maximum Gasteiger partial charge on any atom is 0.224 e. The summed E-state index contributed by atoms with van der Waals surface area (Å²) < 4.78 is 13.4. The smallest absolute Gasteiger partial charge is 0.224 e. The monoisotopic (exact) mass is 756 g/mol. The van der Waals surface area contributed by atoms with Gasteiger partial charge in [-0.05, 0) is 69.9 Å². The van der Waals surface area contributed by atoms with Gasteiger partial charge in [0, 0.05) is 37.2 Å². The van der Waals surface area contributed by atoms with Crippen LogP contribution < -0.4 is 5.32 Å². The van der Waals surface area contributed by atoms with E-state index < -0.39 is 6.29 Å². The minimum atomic E-state index is -0.596. The molecule has 0 spiro atoms. The number of nitrogens with zero attached hydrogens (tertiary/aromatic N) is 1. The Morgan fingerprint density at radius 2 is 1.30 bits per heavy atom. The number of amides is 1. The molecule has 56 heavy (non-hydrogen) atoms. The third-order valence-electron chi connectivity index (χ3n) is 11.4. The van der Waals surface area contributed by atoms with Gasteiger partial charge in [-0.2, -0.15) is 0 Å². The topological polar surface area (TPSA) is 71.0 Å². The van der Waals surface area contributed by atoms with Gasteiger partial charge >= 0.3 is 0 Å². The molecule has 298 valence electrons. The Morgan fingerprint density at radius 3 is 1.93 bits per heavy atom. The maximum absolute atomic E-state index is 13.0. The average Bonchev–Trinajstić information content (AvgIpc) is 3.22. The molecule has 0 aromatic heterocycles. The summed E-state index contributed by atoms with van der Waals surface area (Å²) in [6.07, 6.45) is 17.1. The first kappa shape index (κ1) is 41.6. The van der Waals surface area contributed by atoms with Crippen LogP contribution in [0.15, 0.2) is 103 Å². The second-order valence-electron chi connectivity index (χ2n) is 16.0. The summed E-state index contributed by atoms with van der Waals surface area (Å²) >= 11 is 0. The van der Waals surface area contributed by atoms with Crippen molar-refractivity contribution in [3.8, 4) is 0 Å². The molecule has 0 aliphatic carbocycles. The van der Waals surface area contributed by atoms with Crippen LogP contribution in [0.25, 0.3) is 21.5 Å². The van der Waals surface area contributed by atoms with Gasteiger partial charge in [0.05, 0.1) is 18.8 Å². The number of ether oxygens (including phenoxy) is 2. The minimum absolute atomic E-state index is 0.00563. The number of rotatable bonds is 22. The van der Waals surface area contributed by atoms with Crippen molar-refractivity contribution < 1.29 is 19.4 Å². The molecule has 6 rings (SSSR count). The lowest BCUT2D eigenvalue weighted by atomic mass is 9.96. The largest absolute Gasteiger partial charge is 0.392 e. The number of benzene rings is 5. The molecule has 0 radical (unpaired) electrons. The molecule has 1 unspecified atom stereocenters. The molecule has 1 aliphatic heterocycles. The van der Waals surface area contributed by atoms with Gasteiger partial charge in [-0.15, -0.1) is 0 Å². The molecule has 0 saturated carbocycles. The van der Waals surface area contributed by atoms with Crippen molar-refractivity contribution in [2.75, 3.05) is 18.9 Å². The summed E-state index contributed by atoms with van der Waals surface area (Å²) in [5, 5.41) is 17.9. The number of unbranched alkanes of at least 4 members (excludes halogenated alkanes) is 12. The van der Waals surface area contributed by atoms with Crippen LogP contribution in [0.1, 0.15) is 138 Å². The van der Waals surface area contributed by atoms with Crippen LogP contribution in [-0.2, 0) is 27.4 Å². The highest BCUT2D eigenvalue weighted by Crippen LogP contribution is 2.39. The van der Waals surface area contributed by atoms with E-state index in [1.165, 1.54) is 97.7 Å². The van der Waals surface area contributed by atoms with Crippen molar-refractivity contribution in [1.29, 1.82) is 0 Å². The zero-order valence-corrected chi connectivity index (χ0v) is 33.9. The highest BCUT2D eigenvalue weighted by Gasteiger charge is 2.33. The van der Waals surface area contributed by atoms with Crippen molar-refractivity contribution in [3.05, 3.63) is 125 Å². The van der Waals surface area contributed by atoms with E-state index in [4.69, 9.17) is 9.47 Å². The molecule has 6 heteroatoms. The molecule has 1 aliphatic rings. The quantitative estimate of drug-likeness (QED) is 0.0543. The number of carbonyl (C=O) groups is 1. The number of anilines is 1. The molecular formula is C50H64N2O4. The van der Waals surface area contributed by atoms with Crippen LogP contribution in [0.5, 0.6) is 0 Å². The van der Waals surface area contributed by atoms with Crippen LogP contribution in [0.2, 0.25) is 0 Å². The van der Waals surface area contributed by atoms with Crippen LogP contribution in [0, 0.1) is 0 Å². The normalized spacial score (nSPS) is 17.2. The Morgan fingerprint density at radius 1 is 0.696 bits per heavy atom. The van der Waals surface area contributed by atoms with E-state index in [-0.39, 0.29) is 24.7 Å². The fourth-order valence-corrected chi connectivity index (χ4v) is 8.28.